The monoisotopic (exact) mass is 175 g/mol. The summed E-state index contributed by atoms with van der Waals surface area (Å²) < 4.78 is 0. The minimum atomic E-state index is -0.528. The van der Waals surface area contributed by atoms with E-state index in [1.807, 2.05) is 0 Å². The van der Waals surface area contributed by atoms with Crippen molar-refractivity contribution in [3.8, 4) is 0 Å². The van der Waals surface area contributed by atoms with Crippen LogP contribution in [0.3, 0.4) is 0 Å². The molecule has 0 saturated carbocycles. The standard InChI is InChI=1S/C6H13N3O3/c7-3-5(11)9(1-2-10)6(12)4-8/h10H,1-4,7-8H2. The minimum absolute atomic E-state index is 0.0495. The molecule has 0 spiro atoms. The molecule has 12 heavy (non-hydrogen) atoms. The number of hydrogen-bond acceptors (Lipinski definition) is 5. The van der Waals surface area contributed by atoms with E-state index in [-0.39, 0.29) is 26.2 Å². The summed E-state index contributed by atoms with van der Waals surface area (Å²) in [5.74, 6) is -1.06. The van der Waals surface area contributed by atoms with E-state index in [4.69, 9.17) is 16.6 Å². The van der Waals surface area contributed by atoms with Crippen LogP contribution in [0.5, 0.6) is 0 Å². The van der Waals surface area contributed by atoms with Crippen molar-refractivity contribution < 1.29 is 14.7 Å². The molecule has 2 amide bonds. The summed E-state index contributed by atoms with van der Waals surface area (Å²) in [5, 5.41) is 8.50. The molecule has 0 heterocycles. The zero-order chi connectivity index (χ0) is 9.56. The highest BCUT2D eigenvalue weighted by atomic mass is 16.3. The lowest BCUT2D eigenvalue weighted by Crippen LogP contribution is -2.45. The van der Waals surface area contributed by atoms with Crippen molar-refractivity contribution >= 4 is 11.8 Å². The van der Waals surface area contributed by atoms with Crippen LogP contribution < -0.4 is 11.5 Å². The number of imide groups is 1. The summed E-state index contributed by atoms with van der Waals surface area (Å²) in [6, 6.07) is 0. The number of hydrogen-bond donors (Lipinski definition) is 3. The molecular weight excluding hydrogens is 162 g/mol. The SMILES string of the molecule is NCC(=O)N(CCO)C(=O)CN. The number of carbonyl (C=O) groups excluding carboxylic acids is 2. The highest BCUT2D eigenvalue weighted by Crippen LogP contribution is 1.88. The predicted octanol–water partition coefficient (Wildman–Crippen LogP) is -2.75. The number of carbonyl (C=O) groups is 2. The van der Waals surface area contributed by atoms with Gasteiger partial charge in [0, 0.05) is 0 Å². The number of aliphatic hydroxyl groups is 1. The Bertz CT molecular complexity index is 155. The Hall–Kier alpha value is -0.980. The average molecular weight is 175 g/mol. The molecule has 0 aromatic rings. The van der Waals surface area contributed by atoms with Crippen LogP contribution in [0.4, 0.5) is 0 Å². The smallest absolute Gasteiger partial charge is 0.243 e. The molecule has 0 atom stereocenters. The van der Waals surface area contributed by atoms with Crippen molar-refractivity contribution in [2.45, 2.75) is 0 Å². The summed E-state index contributed by atoms with van der Waals surface area (Å²) in [6.45, 7) is -0.846. The molecule has 0 fully saturated rings. The lowest BCUT2D eigenvalue weighted by atomic mass is 10.4. The van der Waals surface area contributed by atoms with E-state index in [9.17, 15) is 9.59 Å². The van der Waals surface area contributed by atoms with Gasteiger partial charge >= 0.3 is 0 Å². The fourth-order valence-corrected chi connectivity index (χ4v) is 0.709. The maximum absolute atomic E-state index is 10.9. The second-order valence-electron chi connectivity index (χ2n) is 2.07. The number of amides is 2. The minimum Gasteiger partial charge on any atom is -0.395 e. The largest absolute Gasteiger partial charge is 0.395 e. The first kappa shape index (κ1) is 11.0. The Labute approximate surface area is 70.1 Å². The van der Waals surface area contributed by atoms with E-state index in [0.29, 0.717) is 0 Å². The Kier molecular flexibility index (Phi) is 5.18. The van der Waals surface area contributed by atoms with Gasteiger partial charge in [0.2, 0.25) is 11.8 Å². The van der Waals surface area contributed by atoms with Gasteiger partial charge in [-0.1, -0.05) is 0 Å². The summed E-state index contributed by atoms with van der Waals surface area (Å²) in [7, 11) is 0. The fourth-order valence-electron chi connectivity index (χ4n) is 0.709. The first-order chi connectivity index (χ1) is 5.67. The Balaban J connectivity index is 4.21. The summed E-state index contributed by atoms with van der Waals surface area (Å²) >= 11 is 0. The summed E-state index contributed by atoms with van der Waals surface area (Å²) in [5.41, 5.74) is 10.1. The molecule has 6 nitrogen and oxygen atoms in total. The van der Waals surface area contributed by atoms with Crippen LogP contribution in [0.15, 0.2) is 0 Å². The number of nitrogens with zero attached hydrogens (tertiary/aromatic N) is 1. The predicted molar refractivity (Wildman–Crippen MR) is 41.9 cm³/mol. The van der Waals surface area contributed by atoms with Gasteiger partial charge in [-0.15, -0.1) is 0 Å². The zero-order valence-corrected chi connectivity index (χ0v) is 6.69. The maximum atomic E-state index is 10.9. The average Bonchev–Trinajstić information content (AvgIpc) is 2.11. The highest BCUT2D eigenvalue weighted by molar-refractivity contribution is 5.96. The zero-order valence-electron chi connectivity index (χ0n) is 6.69. The number of aliphatic hydroxyl groups excluding tert-OH is 1. The molecule has 0 rings (SSSR count). The maximum Gasteiger partial charge on any atom is 0.243 e. The van der Waals surface area contributed by atoms with Gasteiger partial charge in [-0.25, -0.2) is 0 Å². The lowest BCUT2D eigenvalue weighted by Gasteiger charge is -2.17. The highest BCUT2D eigenvalue weighted by Gasteiger charge is 2.17. The normalized spacial score (nSPS) is 9.58. The van der Waals surface area contributed by atoms with Gasteiger partial charge in [-0.3, -0.25) is 14.5 Å². The quantitative estimate of drug-likeness (QED) is 0.429. The first-order valence-corrected chi connectivity index (χ1v) is 3.51. The van der Waals surface area contributed by atoms with Crippen LogP contribution >= 0.6 is 0 Å². The van der Waals surface area contributed by atoms with Crippen LogP contribution in [0.2, 0.25) is 0 Å². The fraction of sp³-hybridized carbons (Fsp3) is 0.667. The number of nitrogens with two attached hydrogens (primary N) is 2. The Morgan fingerprint density at radius 3 is 1.83 bits per heavy atom. The third-order valence-corrected chi connectivity index (χ3v) is 1.27. The molecule has 0 bridgehead atoms. The van der Waals surface area contributed by atoms with Crippen molar-refractivity contribution in [3.05, 3.63) is 0 Å². The molecule has 0 aliphatic heterocycles. The van der Waals surface area contributed by atoms with Crippen molar-refractivity contribution in [3.63, 3.8) is 0 Å². The third kappa shape index (κ3) is 2.95. The van der Waals surface area contributed by atoms with E-state index in [1.54, 1.807) is 0 Å². The van der Waals surface area contributed by atoms with Crippen LogP contribution in [-0.2, 0) is 9.59 Å². The van der Waals surface area contributed by atoms with E-state index in [0.717, 1.165) is 4.90 Å². The topological polar surface area (TPSA) is 110 Å². The van der Waals surface area contributed by atoms with E-state index < -0.39 is 11.8 Å². The van der Waals surface area contributed by atoms with E-state index in [1.165, 1.54) is 0 Å². The van der Waals surface area contributed by atoms with Gasteiger partial charge in [0.05, 0.1) is 26.2 Å². The molecule has 0 aliphatic rings. The second kappa shape index (κ2) is 5.64. The molecule has 70 valence electrons. The molecule has 0 aromatic heterocycles. The molecule has 5 N–H and O–H groups in total. The molecule has 0 aromatic carbocycles. The third-order valence-electron chi connectivity index (χ3n) is 1.27. The van der Waals surface area contributed by atoms with E-state index >= 15 is 0 Å². The summed E-state index contributed by atoms with van der Waals surface area (Å²) in [6.07, 6.45) is 0. The molecule has 6 heteroatoms. The van der Waals surface area contributed by atoms with Gasteiger partial charge < -0.3 is 16.6 Å². The van der Waals surface area contributed by atoms with Crippen molar-refractivity contribution in [2.75, 3.05) is 26.2 Å². The van der Waals surface area contributed by atoms with Gasteiger partial charge in [-0.2, -0.15) is 0 Å². The van der Waals surface area contributed by atoms with Gasteiger partial charge in [0.1, 0.15) is 0 Å². The van der Waals surface area contributed by atoms with Gasteiger partial charge in [0.15, 0.2) is 0 Å². The molecule has 0 unspecified atom stereocenters. The van der Waals surface area contributed by atoms with Crippen LogP contribution in [-0.4, -0.2) is 48.1 Å². The van der Waals surface area contributed by atoms with E-state index in [2.05, 4.69) is 0 Å². The van der Waals surface area contributed by atoms with Crippen molar-refractivity contribution in [2.24, 2.45) is 11.5 Å². The van der Waals surface area contributed by atoms with Crippen LogP contribution in [0.1, 0.15) is 0 Å². The van der Waals surface area contributed by atoms with Gasteiger partial charge in [0.25, 0.3) is 0 Å². The Morgan fingerprint density at radius 1 is 1.17 bits per heavy atom. The molecule has 0 radical (unpaired) electrons. The van der Waals surface area contributed by atoms with Crippen molar-refractivity contribution in [1.29, 1.82) is 0 Å². The summed E-state index contributed by atoms with van der Waals surface area (Å²) in [4.78, 5) is 22.7. The Morgan fingerprint density at radius 2 is 1.58 bits per heavy atom. The molecule has 0 aliphatic carbocycles. The van der Waals surface area contributed by atoms with Crippen LogP contribution in [0, 0.1) is 0 Å². The number of rotatable bonds is 4. The lowest BCUT2D eigenvalue weighted by molar-refractivity contribution is -0.143. The van der Waals surface area contributed by atoms with Gasteiger partial charge in [-0.05, 0) is 0 Å². The first-order valence-electron chi connectivity index (χ1n) is 3.51. The molecule has 0 saturated heterocycles. The van der Waals surface area contributed by atoms with Crippen LogP contribution in [0.25, 0.3) is 0 Å². The second-order valence-corrected chi connectivity index (χ2v) is 2.07. The molecular formula is C6H13N3O3. The van der Waals surface area contributed by atoms with Crippen molar-refractivity contribution in [1.82, 2.24) is 4.90 Å².